The SMILES string of the molecule is CC.CCC.CCCCCCCCC(=O)OCC(COC(=O)CCCCCCCC)CC(=O)OCC1CCC(CCC(=O)CC(COC(=O)CCCCCCCC)CC(C)CC)N1C(=O)OCCC.CCCCCCCCC(C)=O. The Morgan fingerprint density at radius 2 is 0.825 bits per heavy atom. The summed E-state index contributed by atoms with van der Waals surface area (Å²) in [5, 5.41) is 0. The van der Waals surface area contributed by atoms with Crippen LogP contribution in [0.2, 0.25) is 0 Å². The molecule has 0 spiro atoms. The molecule has 0 bridgehead atoms. The molecule has 0 aromatic heterocycles. The van der Waals surface area contributed by atoms with Crippen LogP contribution in [0.1, 0.15) is 327 Å². The molecular weight excluding hydrogens is 1010 g/mol. The van der Waals surface area contributed by atoms with Crippen LogP contribution in [0.25, 0.3) is 0 Å². The van der Waals surface area contributed by atoms with Crippen LogP contribution in [-0.4, -0.2) is 91.6 Å². The smallest absolute Gasteiger partial charge is 0.410 e. The van der Waals surface area contributed by atoms with Gasteiger partial charge in [-0.3, -0.25) is 28.9 Å². The lowest BCUT2D eigenvalue weighted by Gasteiger charge is -2.29. The number of hydrogen-bond donors (Lipinski definition) is 0. The molecule has 13 nitrogen and oxygen atoms in total. The van der Waals surface area contributed by atoms with Crippen LogP contribution in [-0.2, 0) is 52.5 Å². The van der Waals surface area contributed by atoms with E-state index in [2.05, 4.69) is 55.4 Å². The molecule has 0 aliphatic carbocycles. The lowest BCUT2D eigenvalue weighted by molar-refractivity contribution is -0.155. The molecule has 13 heteroatoms. The first-order valence-corrected chi connectivity index (χ1v) is 33.2. The molecule has 0 N–H and O–H groups in total. The number of carbonyl (C=O) groups excluding carboxylic acids is 7. The summed E-state index contributed by atoms with van der Waals surface area (Å²) < 4.78 is 28.2. The Balaban J connectivity index is -0.00000322. The third kappa shape index (κ3) is 51.4. The summed E-state index contributed by atoms with van der Waals surface area (Å²) in [5.74, 6) is -1.24. The van der Waals surface area contributed by atoms with Crippen molar-refractivity contribution in [2.75, 3.05) is 33.0 Å². The first kappa shape index (κ1) is 80.7. The highest BCUT2D eigenvalue weighted by Crippen LogP contribution is 2.30. The van der Waals surface area contributed by atoms with Gasteiger partial charge in [0.2, 0.25) is 0 Å². The number of ketones is 2. The minimum atomic E-state index is -0.574. The Labute approximate surface area is 491 Å². The zero-order chi connectivity index (χ0) is 60.4. The average Bonchev–Trinajstić information content (AvgIpc) is 3.87. The van der Waals surface area contributed by atoms with E-state index in [1.807, 2.05) is 20.8 Å². The van der Waals surface area contributed by atoms with Crippen LogP contribution in [0, 0.1) is 17.8 Å². The highest BCUT2D eigenvalue weighted by Gasteiger charge is 2.39. The molecule has 1 aliphatic heterocycles. The fourth-order valence-corrected chi connectivity index (χ4v) is 9.47. The second-order valence-electron chi connectivity index (χ2n) is 22.6. The van der Waals surface area contributed by atoms with Crippen molar-refractivity contribution in [3.63, 3.8) is 0 Å². The van der Waals surface area contributed by atoms with Gasteiger partial charge in [0.15, 0.2) is 0 Å². The number of Topliss-reactive ketones (excluding diaryl/α,β-unsaturated/α-hetero) is 2. The molecule has 0 aromatic rings. The Hall–Kier alpha value is -3.51. The molecule has 472 valence electrons. The summed E-state index contributed by atoms with van der Waals surface area (Å²) >= 11 is 0. The fourth-order valence-electron chi connectivity index (χ4n) is 9.47. The predicted molar refractivity (Wildman–Crippen MR) is 329 cm³/mol. The summed E-state index contributed by atoms with van der Waals surface area (Å²) in [4.78, 5) is 90.1. The second-order valence-corrected chi connectivity index (χ2v) is 22.6. The Bertz CT molecular complexity index is 1460. The topological polar surface area (TPSA) is 169 Å². The normalized spacial score (nSPS) is 14.3. The molecule has 0 radical (unpaired) electrons. The molecule has 80 heavy (non-hydrogen) atoms. The molecule has 0 aromatic carbocycles. The number of unbranched alkanes of at least 4 members (excludes halogenated alkanes) is 20. The molecule has 1 saturated heterocycles. The molecule has 1 aliphatic rings. The van der Waals surface area contributed by atoms with E-state index in [0.29, 0.717) is 63.1 Å². The number of nitrogens with zero attached hydrogens (tertiary/aromatic N) is 1. The lowest BCUT2D eigenvalue weighted by Crippen LogP contribution is -2.44. The van der Waals surface area contributed by atoms with Crippen molar-refractivity contribution >= 4 is 41.5 Å². The highest BCUT2D eigenvalue weighted by molar-refractivity contribution is 5.79. The van der Waals surface area contributed by atoms with Crippen molar-refractivity contribution in [3.05, 3.63) is 0 Å². The maximum atomic E-state index is 13.5. The molecule has 1 amide bonds. The van der Waals surface area contributed by atoms with E-state index in [4.69, 9.17) is 23.7 Å². The second kappa shape index (κ2) is 60.1. The number of hydrogen-bond acceptors (Lipinski definition) is 12. The van der Waals surface area contributed by atoms with E-state index in [-0.39, 0.29) is 81.5 Å². The van der Waals surface area contributed by atoms with Gasteiger partial charge in [-0.15, -0.1) is 0 Å². The number of amides is 1. The van der Waals surface area contributed by atoms with Crippen molar-refractivity contribution in [3.8, 4) is 0 Å². The van der Waals surface area contributed by atoms with Crippen LogP contribution in [0.3, 0.4) is 0 Å². The quantitative estimate of drug-likeness (QED) is 0.0322. The van der Waals surface area contributed by atoms with E-state index < -0.39 is 24.0 Å². The van der Waals surface area contributed by atoms with Crippen molar-refractivity contribution in [2.24, 2.45) is 17.8 Å². The summed E-state index contributed by atoms with van der Waals surface area (Å²) in [5.41, 5.74) is 0. The Morgan fingerprint density at radius 1 is 0.438 bits per heavy atom. The van der Waals surface area contributed by atoms with Gasteiger partial charge in [-0.25, -0.2) is 4.79 Å². The number of ether oxygens (including phenoxy) is 5. The molecular formula is C67H127NO12. The van der Waals surface area contributed by atoms with E-state index >= 15 is 0 Å². The molecule has 1 heterocycles. The van der Waals surface area contributed by atoms with E-state index in [1.54, 1.807) is 11.8 Å². The monoisotopic (exact) mass is 1140 g/mol. The van der Waals surface area contributed by atoms with Crippen molar-refractivity contribution in [1.82, 2.24) is 4.90 Å². The summed E-state index contributed by atoms with van der Waals surface area (Å²) in [6.45, 7) is 25.2. The number of likely N-dealkylation sites (tertiary alicyclic amines) is 1. The van der Waals surface area contributed by atoms with Crippen LogP contribution >= 0.6 is 0 Å². The zero-order valence-corrected chi connectivity index (χ0v) is 54.1. The van der Waals surface area contributed by atoms with Crippen LogP contribution in [0.15, 0.2) is 0 Å². The van der Waals surface area contributed by atoms with Gasteiger partial charge in [-0.1, -0.05) is 217 Å². The van der Waals surface area contributed by atoms with Crippen molar-refractivity contribution < 1.29 is 57.2 Å². The summed E-state index contributed by atoms with van der Waals surface area (Å²) in [7, 11) is 0. The maximum absolute atomic E-state index is 13.5. The van der Waals surface area contributed by atoms with Gasteiger partial charge in [-0.2, -0.15) is 0 Å². The van der Waals surface area contributed by atoms with Gasteiger partial charge in [-0.05, 0) is 70.6 Å². The van der Waals surface area contributed by atoms with Gasteiger partial charge in [0.1, 0.15) is 18.2 Å². The highest BCUT2D eigenvalue weighted by atomic mass is 16.6. The average molecular weight is 1140 g/mol. The Kier molecular flexibility index (Phi) is 60.6. The van der Waals surface area contributed by atoms with Crippen LogP contribution < -0.4 is 0 Å². The van der Waals surface area contributed by atoms with Gasteiger partial charge in [0, 0.05) is 56.4 Å². The van der Waals surface area contributed by atoms with Crippen LogP contribution in [0.4, 0.5) is 4.79 Å². The van der Waals surface area contributed by atoms with Gasteiger partial charge in [0.05, 0.1) is 38.9 Å². The van der Waals surface area contributed by atoms with Gasteiger partial charge >= 0.3 is 30.0 Å². The van der Waals surface area contributed by atoms with Gasteiger partial charge < -0.3 is 28.5 Å². The molecule has 0 saturated carbocycles. The van der Waals surface area contributed by atoms with Gasteiger partial charge in [0.25, 0.3) is 0 Å². The third-order valence-corrected chi connectivity index (χ3v) is 14.4. The van der Waals surface area contributed by atoms with Crippen LogP contribution in [0.5, 0.6) is 0 Å². The largest absolute Gasteiger partial charge is 0.465 e. The fraction of sp³-hybridized carbons (Fsp3) is 0.896. The predicted octanol–water partition coefficient (Wildman–Crippen LogP) is 18.4. The van der Waals surface area contributed by atoms with E-state index in [0.717, 1.165) is 109 Å². The van der Waals surface area contributed by atoms with Crippen molar-refractivity contribution in [1.29, 1.82) is 0 Å². The third-order valence-electron chi connectivity index (χ3n) is 14.4. The summed E-state index contributed by atoms with van der Waals surface area (Å²) in [6, 6.07) is -0.689. The zero-order valence-electron chi connectivity index (χ0n) is 54.1. The minimum Gasteiger partial charge on any atom is -0.465 e. The first-order chi connectivity index (χ1) is 38.7. The van der Waals surface area contributed by atoms with E-state index in [9.17, 15) is 33.6 Å². The minimum absolute atomic E-state index is 0.0477. The lowest BCUT2D eigenvalue weighted by atomic mass is 9.89. The number of esters is 4. The standard InChI is InChI=1S/C52H93NO11.C10H20O.C3H8.C2H6/c1-7-12-15-18-21-24-27-48(55)61-38-43(35-42(6)11-5)36-47(54)33-32-45-30-31-46(53(45)52(59)60-34-10-4)41-64-51(58)37-44(39-62-49(56)28-25-22-19-16-13-8-2)40-63-50(57)29-26-23-20-17-14-9-3;1-3-4-5-6-7-8-9-10(2)11;1-3-2;1-2/h42-46H,7-41H2,1-6H3;3-9H2,1-2H3;3H2,1-2H3;1-2H3. The molecule has 4 atom stereocenters. The maximum Gasteiger partial charge on any atom is 0.410 e. The number of rotatable bonds is 48. The van der Waals surface area contributed by atoms with Crippen molar-refractivity contribution in [2.45, 2.75) is 339 Å². The molecule has 1 fully saturated rings. The number of carbonyl (C=O) groups is 7. The van der Waals surface area contributed by atoms with E-state index in [1.165, 1.54) is 70.6 Å². The first-order valence-electron chi connectivity index (χ1n) is 33.2. The Morgan fingerprint density at radius 3 is 1.23 bits per heavy atom. The summed E-state index contributed by atoms with van der Waals surface area (Å²) in [6.07, 6.45) is 33.8. The molecule has 1 rings (SSSR count). The molecule has 4 unspecified atom stereocenters.